The molecule has 0 aliphatic rings. The lowest BCUT2D eigenvalue weighted by Crippen LogP contribution is -1.97. The minimum Gasteiger partial charge on any atom is -0.497 e. The fourth-order valence-electron chi connectivity index (χ4n) is 1.52. The number of anilines is 1. The monoisotopic (exact) mass is 244 g/mol. The summed E-state index contributed by atoms with van der Waals surface area (Å²) in [4.78, 5) is 4.09. The Morgan fingerprint density at radius 2 is 1.89 bits per heavy atom. The van der Waals surface area contributed by atoms with Crippen molar-refractivity contribution in [3.63, 3.8) is 0 Å². The van der Waals surface area contributed by atoms with Crippen molar-refractivity contribution in [2.24, 2.45) is 0 Å². The first-order chi connectivity index (χ1) is 8.81. The molecule has 2 aromatic rings. The number of rotatable bonds is 5. The molecule has 0 aliphatic heterocycles. The molecule has 4 nitrogen and oxygen atoms in total. The molecule has 0 atom stereocenters. The Hall–Kier alpha value is -2.23. The van der Waals surface area contributed by atoms with Crippen LogP contribution in [0.15, 0.2) is 42.7 Å². The van der Waals surface area contributed by atoms with E-state index < -0.39 is 0 Å². The second-order valence-electron chi connectivity index (χ2n) is 3.80. The molecular weight excluding hydrogens is 228 g/mol. The van der Waals surface area contributed by atoms with Gasteiger partial charge in [0.1, 0.15) is 18.1 Å². The lowest BCUT2D eigenvalue weighted by Gasteiger charge is -2.08. The summed E-state index contributed by atoms with van der Waals surface area (Å²) in [5.74, 6) is 1.59. The molecule has 2 rings (SSSR count). The number of pyridine rings is 1. The van der Waals surface area contributed by atoms with Gasteiger partial charge in [0.25, 0.3) is 0 Å². The maximum absolute atomic E-state index is 5.66. The highest BCUT2D eigenvalue weighted by atomic mass is 16.5. The number of aromatic nitrogens is 1. The van der Waals surface area contributed by atoms with Crippen molar-refractivity contribution >= 4 is 5.69 Å². The highest BCUT2D eigenvalue weighted by Crippen LogP contribution is 2.17. The van der Waals surface area contributed by atoms with Gasteiger partial charge < -0.3 is 14.8 Å². The molecule has 0 fully saturated rings. The normalized spacial score (nSPS) is 9.89. The van der Waals surface area contributed by atoms with E-state index >= 15 is 0 Å². The van der Waals surface area contributed by atoms with Crippen LogP contribution in [-0.2, 0) is 6.61 Å². The van der Waals surface area contributed by atoms with Crippen molar-refractivity contribution in [2.45, 2.75) is 6.61 Å². The van der Waals surface area contributed by atoms with Gasteiger partial charge in [-0.3, -0.25) is 4.98 Å². The highest BCUT2D eigenvalue weighted by molar-refractivity contribution is 5.44. The van der Waals surface area contributed by atoms with Crippen LogP contribution in [0.4, 0.5) is 5.69 Å². The summed E-state index contributed by atoms with van der Waals surface area (Å²) >= 11 is 0. The average molecular weight is 244 g/mol. The van der Waals surface area contributed by atoms with Gasteiger partial charge in [-0.1, -0.05) is 12.1 Å². The third-order valence-corrected chi connectivity index (χ3v) is 2.57. The van der Waals surface area contributed by atoms with E-state index in [1.54, 1.807) is 19.5 Å². The fraction of sp³-hybridized carbons (Fsp3) is 0.214. The molecule has 0 unspecified atom stereocenters. The van der Waals surface area contributed by atoms with Crippen molar-refractivity contribution in [2.75, 3.05) is 19.5 Å². The lowest BCUT2D eigenvalue weighted by molar-refractivity contribution is 0.305. The van der Waals surface area contributed by atoms with Crippen LogP contribution in [0.2, 0.25) is 0 Å². The van der Waals surface area contributed by atoms with Gasteiger partial charge in [-0.2, -0.15) is 0 Å². The zero-order chi connectivity index (χ0) is 12.8. The maximum atomic E-state index is 5.66. The molecule has 0 aliphatic carbocycles. The Labute approximate surface area is 107 Å². The van der Waals surface area contributed by atoms with E-state index in [1.165, 1.54) is 0 Å². The van der Waals surface area contributed by atoms with Crippen LogP contribution in [0.1, 0.15) is 5.56 Å². The van der Waals surface area contributed by atoms with Crippen molar-refractivity contribution < 1.29 is 9.47 Å². The Balaban J connectivity index is 1.97. The number of benzene rings is 1. The number of nitrogens with zero attached hydrogens (tertiary/aromatic N) is 1. The summed E-state index contributed by atoms with van der Waals surface area (Å²) in [7, 11) is 3.50. The second kappa shape index (κ2) is 5.91. The number of methoxy groups -OCH3 is 1. The number of hydrogen-bond acceptors (Lipinski definition) is 4. The predicted octanol–water partition coefficient (Wildman–Crippen LogP) is 2.71. The summed E-state index contributed by atoms with van der Waals surface area (Å²) in [6.07, 6.45) is 3.45. The zero-order valence-electron chi connectivity index (χ0n) is 10.5. The zero-order valence-corrected chi connectivity index (χ0v) is 10.5. The quantitative estimate of drug-likeness (QED) is 0.878. The molecule has 0 saturated heterocycles. The first-order valence-corrected chi connectivity index (χ1v) is 5.70. The molecule has 1 N–H and O–H groups in total. The molecule has 4 heteroatoms. The van der Waals surface area contributed by atoms with Crippen molar-refractivity contribution in [1.29, 1.82) is 0 Å². The molecule has 1 aromatic heterocycles. The van der Waals surface area contributed by atoms with Gasteiger partial charge in [0.15, 0.2) is 0 Å². The van der Waals surface area contributed by atoms with Crippen LogP contribution in [0.25, 0.3) is 0 Å². The highest BCUT2D eigenvalue weighted by Gasteiger charge is 1.98. The van der Waals surface area contributed by atoms with Crippen LogP contribution in [0, 0.1) is 0 Å². The topological polar surface area (TPSA) is 43.4 Å². The lowest BCUT2D eigenvalue weighted by atomic mass is 10.2. The largest absolute Gasteiger partial charge is 0.497 e. The van der Waals surface area contributed by atoms with Gasteiger partial charge in [0, 0.05) is 13.1 Å². The first-order valence-electron chi connectivity index (χ1n) is 5.70. The number of hydrogen-bond donors (Lipinski definition) is 1. The van der Waals surface area contributed by atoms with E-state index in [0.29, 0.717) is 6.61 Å². The standard InChI is InChI=1S/C14H16N2O2/c1-15-12-7-14(9-16-8-12)18-10-11-3-5-13(17-2)6-4-11/h3-9,15H,10H2,1-2H3. The third-order valence-electron chi connectivity index (χ3n) is 2.57. The first kappa shape index (κ1) is 12.2. The van der Waals surface area contributed by atoms with Crippen molar-refractivity contribution in [3.8, 4) is 11.5 Å². The van der Waals surface area contributed by atoms with E-state index in [4.69, 9.17) is 9.47 Å². The smallest absolute Gasteiger partial charge is 0.140 e. The number of nitrogens with one attached hydrogen (secondary N) is 1. The molecule has 1 aromatic carbocycles. The van der Waals surface area contributed by atoms with Crippen LogP contribution in [0.5, 0.6) is 11.5 Å². The minimum absolute atomic E-state index is 0.513. The van der Waals surface area contributed by atoms with E-state index in [1.807, 2.05) is 37.4 Å². The van der Waals surface area contributed by atoms with E-state index in [2.05, 4.69) is 10.3 Å². The molecule has 0 radical (unpaired) electrons. The van der Waals surface area contributed by atoms with Gasteiger partial charge >= 0.3 is 0 Å². The van der Waals surface area contributed by atoms with E-state index in [9.17, 15) is 0 Å². The van der Waals surface area contributed by atoms with E-state index in [0.717, 1.165) is 22.7 Å². The molecule has 18 heavy (non-hydrogen) atoms. The van der Waals surface area contributed by atoms with Crippen molar-refractivity contribution in [3.05, 3.63) is 48.3 Å². The average Bonchev–Trinajstić information content (AvgIpc) is 2.46. The van der Waals surface area contributed by atoms with Gasteiger partial charge in [-0.05, 0) is 17.7 Å². The van der Waals surface area contributed by atoms with Crippen LogP contribution < -0.4 is 14.8 Å². The van der Waals surface area contributed by atoms with Gasteiger partial charge in [-0.15, -0.1) is 0 Å². The molecular formula is C14H16N2O2. The summed E-state index contributed by atoms with van der Waals surface area (Å²) < 4.78 is 10.8. The Morgan fingerprint density at radius 3 is 2.56 bits per heavy atom. The molecule has 0 amide bonds. The maximum Gasteiger partial charge on any atom is 0.140 e. The SMILES string of the molecule is CNc1cncc(OCc2ccc(OC)cc2)c1. The summed E-state index contributed by atoms with van der Waals surface area (Å²) in [5, 5.41) is 3.02. The van der Waals surface area contributed by atoms with Crippen molar-refractivity contribution in [1.82, 2.24) is 4.98 Å². The molecule has 0 spiro atoms. The molecule has 0 bridgehead atoms. The summed E-state index contributed by atoms with van der Waals surface area (Å²) in [6, 6.07) is 9.71. The van der Waals surface area contributed by atoms with Gasteiger partial charge in [0.05, 0.1) is 25.2 Å². The second-order valence-corrected chi connectivity index (χ2v) is 3.80. The third kappa shape index (κ3) is 3.13. The Morgan fingerprint density at radius 1 is 1.11 bits per heavy atom. The van der Waals surface area contributed by atoms with Gasteiger partial charge in [-0.25, -0.2) is 0 Å². The Bertz CT molecular complexity index is 497. The van der Waals surface area contributed by atoms with Crippen LogP contribution in [-0.4, -0.2) is 19.1 Å². The molecule has 94 valence electrons. The predicted molar refractivity (Wildman–Crippen MR) is 71.1 cm³/mol. The van der Waals surface area contributed by atoms with Crippen LogP contribution in [0.3, 0.4) is 0 Å². The fourth-order valence-corrected chi connectivity index (χ4v) is 1.52. The molecule has 0 saturated carbocycles. The number of ether oxygens (including phenoxy) is 2. The molecule has 1 heterocycles. The van der Waals surface area contributed by atoms with Gasteiger partial charge in [0.2, 0.25) is 0 Å². The van der Waals surface area contributed by atoms with Crippen LogP contribution >= 0.6 is 0 Å². The van der Waals surface area contributed by atoms with E-state index in [-0.39, 0.29) is 0 Å². The minimum atomic E-state index is 0.513. The summed E-state index contributed by atoms with van der Waals surface area (Å²) in [5.41, 5.74) is 2.02. The Kier molecular flexibility index (Phi) is 4.02. The summed E-state index contributed by atoms with van der Waals surface area (Å²) in [6.45, 7) is 0.513.